The van der Waals surface area contributed by atoms with Crippen LogP contribution in [0.4, 0.5) is 4.79 Å². The third kappa shape index (κ3) is 9.38. The fraction of sp³-hybridized carbons (Fsp3) is 0.345. The number of likely N-dealkylation sites (N-methyl/N-ethyl adjacent to an activating group) is 1. The van der Waals surface area contributed by atoms with Crippen molar-refractivity contribution in [2.45, 2.75) is 25.5 Å². The van der Waals surface area contributed by atoms with Crippen LogP contribution in [0.3, 0.4) is 0 Å². The molecule has 0 bridgehead atoms. The van der Waals surface area contributed by atoms with Crippen molar-refractivity contribution < 1.29 is 9.53 Å². The van der Waals surface area contributed by atoms with Gasteiger partial charge in [-0.1, -0.05) is 91.0 Å². The van der Waals surface area contributed by atoms with E-state index in [0.717, 1.165) is 24.9 Å². The first-order valence-electron chi connectivity index (χ1n) is 12.0. The Labute approximate surface area is 204 Å². The Bertz CT molecular complexity index is 949. The molecule has 3 rings (SSSR count). The predicted octanol–water partition coefficient (Wildman–Crippen LogP) is 4.63. The molecule has 0 aromatic heterocycles. The van der Waals surface area contributed by atoms with Crippen LogP contribution in [0.2, 0.25) is 0 Å². The lowest BCUT2D eigenvalue weighted by atomic mass is 10.1. The van der Waals surface area contributed by atoms with Gasteiger partial charge in [-0.05, 0) is 43.6 Å². The summed E-state index contributed by atoms with van der Waals surface area (Å²) in [5, 5.41) is 3.26. The Balaban J connectivity index is 1.63. The Morgan fingerprint density at radius 1 is 0.765 bits per heavy atom. The number of hydrogen-bond donors (Lipinski definition) is 1. The largest absolute Gasteiger partial charge is 0.375 e. The molecule has 0 saturated heterocycles. The number of hydrogen-bond acceptors (Lipinski definition) is 3. The number of ether oxygens (including phenoxy) is 1. The molecule has 0 saturated carbocycles. The molecule has 1 unspecified atom stereocenters. The summed E-state index contributed by atoms with van der Waals surface area (Å²) in [5.41, 5.74) is 3.54. The number of carbonyl (C=O) groups is 1. The first-order chi connectivity index (χ1) is 16.6. The van der Waals surface area contributed by atoms with Gasteiger partial charge in [0.1, 0.15) is 0 Å². The third-order valence-electron chi connectivity index (χ3n) is 5.70. The van der Waals surface area contributed by atoms with Crippen molar-refractivity contribution in [2.24, 2.45) is 0 Å². The van der Waals surface area contributed by atoms with E-state index >= 15 is 0 Å². The summed E-state index contributed by atoms with van der Waals surface area (Å²) in [5.74, 6) is 0. The highest BCUT2D eigenvalue weighted by molar-refractivity contribution is 5.74. The molecule has 0 heterocycles. The Morgan fingerprint density at radius 2 is 1.32 bits per heavy atom. The van der Waals surface area contributed by atoms with Crippen LogP contribution >= 0.6 is 0 Å². The summed E-state index contributed by atoms with van der Waals surface area (Å²) >= 11 is 0. The summed E-state index contributed by atoms with van der Waals surface area (Å²) in [4.78, 5) is 17.4. The lowest BCUT2D eigenvalue weighted by Gasteiger charge is -2.28. The number of benzene rings is 3. The van der Waals surface area contributed by atoms with Crippen LogP contribution in [-0.2, 0) is 24.2 Å². The first-order valence-corrected chi connectivity index (χ1v) is 12.0. The summed E-state index contributed by atoms with van der Waals surface area (Å²) in [6.45, 7) is 3.15. The van der Waals surface area contributed by atoms with Gasteiger partial charge in [-0.2, -0.15) is 0 Å². The van der Waals surface area contributed by atoms with E-state index in [2.05, 4.69) is 46.6 Å². The number of amides is 2. The van der Waals surface area contributed by atoms with Crippen molar-refractivity contribution in [3.05, 3.63) is 108 Å². The molecule has 0 spiro atoms. The highest BCUT2D eigenvalue weighted by atomic mass is 16.5. The molecule has 0 radical (unpaired) electrons. The summed E-state index contributed by atoms with van der Waals surface area (Å²) in [7, 11) is 4.06. The van der Waals surface area contributed by atoms with Crippen LogP contribution < -0.4 is 5.32 Å². The lowest BCUT2D eigenvalue weighted by molar-refractivity contribution is 0.0972. The summed E-state index contributed by atoms with van der Waals surface area (Å²) < 4.78 is 6.02. The van der Waals surface area contributed by atoms with Crippen molar-refractivity contribution in [1.82, 2.24) is 15.1 Å². The van der Waals surface area contributed by atoms with Crippen molar-refractivity contribution in [3.8, 4) is 0 Å². The number of carbonyl (C=O) groups excluding carboxylic acids is 1. The van der Waals surface area contributed by atoms with Gasteiger partial charge >= 0.3 is 6.03 Å². The molecule has 1 N–H and O–H groups in total. The average molecular weight is 460 g/mol. The molecule has 0 fully saturated rings. The van der Waals surface area contributed by atoms with Gasteiger partial charge in [0.2, 0.25) is 0 Å². The molecule has 180 valence electrons. The Morgan fingerprint density at radius 3 is 1.91 bits per heavy atom. The fourth-order valence-corrected chi connectivity index (χ4v) is 3.75. The second-order valence-corrected chi connectivity index (χ2v) is 8.86. The van der Waals surface area contributed by atoms with E-state index in [9.17, 15) is 4.79 Å². The molecule has 0 aliphatic rings. The highest BCUT2D eigenvalue weighted by Gasteiger charge is 2.19. The van der Waals surface area contributed by atoms with Crippen molar-refractivity contribution in [2.75, 3.05) is 40.3 Å². The highest BCUT2D eigenvalue weighted by Crippen LogP contribution is 2.08. The van der Waals surface area contributed by atoms with E-state index < -0.39 is 0 Å². The molecule has 5 nitrogen and oxygen atoms in total. The van der Waals surface area contributed by atoms with Crippen LogP contribution in [0, 0.1) is 0 Å². The predicted molar refractivity (Wildman–Crippen MR) is 139 cm³/mol. The quantitative estimate of drug-likeness (QED) is 0.405. The standard InChI is InChI=1S/C29H37N3O2/c1-31(2)20-21-32(19-18-25-12-6-3-7-13-25)29(33)30-28(22-26-14-8-4-9-15-26)24-34-23-27-16-10-5-11-17-27/h3-17,28H,18-24H2,1-2H3,(H,30,33). The molecule has 3 aromatic rings. The molecule has 1 atom stereocenters. The maximum Gasteiger partial charge on any atom is 0.317 e. The summed E-state index contributed by atoms with van der Waals surface area (Å²) in [6.07, 6.45) is 1.55. The second kappa shape index (κ2) is 14.2. The fourth-order valence-electron chi connectivity index (χ4n) is 3.75. The van der Waals surface area contributed by atoms with E-state index in [0.29, 0.717) is 26.3 Å². The molecular formula is C29H37N3O2. The Kier molecular flexibility index (Phi) is 10.6. The van der Waals surface area contributed by atoms with E-state index in [4.69, 9.17) is 4.74 Å². The minimum Gasteiger partial charge on any atom is -0.375 e. The van der Waals surface area contributed by atoms with Crippen LogP contribution in [-0.4, -0.2) is 62.2 Å². The minimum atomic E-state index is -0.114. The van der Waals surface area contributed by atoms with Gasteiger partial charge in [-0.25, -0.2) is 4.79 Å². The number of nitrogens with one attached hydrogen (secondary N) is 1. The minimum absolute atomic E-state index is 0.0398. The van der Waals surface area contributed by atoms with Gasteiger partial charge in [-0.15, -0.1) is 0 Å². The zero-order chi connectivity index (χ0) is 24.0. The van der Waals surface area contributed by atoms with E-state index in [1.807, 2.05) is 73.6 Å². The normalized spacial score (nSPS) is 11.9. The second-order valence-electron chi connectivity index (χ2n) is 8.86. The van der Waals surface area contributed by atoms with Gasteiger partial charge in [0.05, 0.1) is 19.3 Å². The van der Waals surface area contributed by atoms with E-state index in [-0.39, 0.29) is 12.1 Å². The Hall–Kier alpha value is -3.15. The van der Waals surface area contributed by atoms with Gasteiger partial charge in [0.15, 0.2) is 0 Å². The molecule has 3 aromatic carbocycles. The lowest BCUT2D eigenvalue weighted by Crippen LogP contribution is -2.49. The topological polar surface area (TPSA) is 44.8 Å². The maximum absolute atomic E-state index is 13.4. The third-order valence-corrected chi connectivity index (χ3v) is 5.70. The van der Waals surface area contributed by atoms with Gasteiger partial charge < -0.3 is 19.9 Å². The first kappa shape index (κ1) is 25.5. The van der Waals surface area contributed by atoms with Crippen molar-refractivity contribution >= 4 is 6.03 Å². The smallest absolute Gasteiger partial charge is 0.317 e. The van der Waals surface area contributed by atoms with Crippen LogP contribution in [0.1, 0.15) is 16.7 Å². The van der Waals surface area contributed by atoms with Crippen LogP contribution in [0.15, 0.2) is 91.0 Å². The number of nitrogens with zero attached hydrogens (tertiary/aromatic N) is 2. The van der Waals surface area contributed by atoms with Crippen molar-refractivity contribution in [3.63, 3.8) is 0 Å². The molecular weight excluding hydrogens is 422 g/mol. The molecule has 2 amide bonds. The van der Waals surface area contributed by atoms with E-state index in [1.54, 1.807) is 0 Å². The van der Waals surface area contributed by atoms with Gasteiger partial charge in [0.25, 0.3) is 0 Å². The zero-order valence-electron chi connectivity index (χ0n) is 20.4. The number of urea groups is 1. The summed E-state index contributed by atoms with van der Waals surface area (Å²) in [6, 6.07) is 30.5. The number of rotatable bonds is 13. The molecule has 34 heavy (non-hydrogen) atoms. The molecule has 5 heteroatoms. The van der Waals surface area contributed by atoms with Crippen LogP contribution in [0.5, 0.6) is 0 Å². The zero-order valence-corrected chi connectivity index (χ0v) is 20.4. The average Bonchev–Trinajstić information content (AvgIpc) is 2.85. The van der Waals surface area contributed by atoms with Crippen LogP contribution in [0.25, 0.3) is 0 Å². The van der Waals surface area contributed by atoms with Gasteiger partial charge in [-0.3, -0.25) is 0 Å². The van der Waals surface area contributed by atoms with E-state index in [1.165, 1.54) is 11.1 Å². The van der Waals surface area contributed by atoms with Crippen molar-refractivity contribution in [1.29, 1.82) is 0 Å². The SMILES string of the molecule is CN(C)CCN(CCc1ccccc1)C(=O)NC(COCc1ccccc1)Cc1ccccc1. The molecule has 0 aliphatic heterocycles. The van der Waals surface area contributed by atoms with Gasteiger partial charge in [0, 0.05) is 19.6 Å². The molecule has 0 aliphatic carbocycles. The maximum atomic E-state index is 13.4. The monoisotopic (exact) mass is 459 g/mol.